The van der Waals surface area contributed by atoms with Gasteiger partial charge >= 0.3 is 0 Å². The molecule has 0 aliphatic heterocycles. The van der Waals surface area contributed by atoms with Gasteiger partial charge in [0.25, 0.3) is 0 Å². The fraction of sp³-hybridized carbons (Fsp3) is 0.562. The van der Waals surface area contributed by atoms with Crippen LogP contribution < -0.4 is 0 Å². The summed E-state index contributed by atoms with van der Waals surface area (Å²) in [7, 11) is 2.15. The second kappa shape index (κ2) is 6.35. The van der Waals surface area contributed by atoms with Crippen LogP contribution in [0.5, 0.6) is 0 Å². The van der Waals surface area contributed by atoms with Gasteiger partial charge in [-0.05, 0) is 50.8 Å². The van der Waals surface area contributed by atoms with Crippen LogP contribution in [0.25, 0.3) is 11.4 Å². The molecular weight excluding hydrogens is 264 g/mol. The normalized spacial score (nSPS) is 22.6. The van der Waals surface area contributed by atoms with Crippen LogP contribution in [0.3, 0.4) is 0 Å². The average Bonchev–Trinajstić information content (AvgIpc) is 2.97. The predicted molar refractivity (Wildman–Crippen MR) is 80.4 cm³/mol. The molecule has 5 heteroatoms. The quantitative estimate of drug-likeness (QED) is 0.864. The van der Waals surface area contributed by atoms with Crippen molar-refractivity contribution >= 4 is 0 Å². The van der Waals surface area contributed by atoms with Gasteiger partial charge in [-0.1, -0.05) is 12.1 Å². The summed E-state index contributed by atoms with van der Waals surface area (Å²) in [6.07, 6.45) is 8.66. The molecule has 2 aromatic rings. The fourth-order valence-corrected chi connectivity index (χ4v) is 2.96. The molecule has 2 aromatic heterocycles. The molecule has 0 bridgehead atoms. The summed E-state index contributed by atoms with van der Waals surface area (Å²) < 4.78 is 5.37. The zero-order valence-electron chi connectivity index (χ0n) is 12.7. The highest BCUT2D eigenvalue weighted by Crippen LogP contribution is 2.27. The van der Waals surface area contributed by atoms with E-state index in [0.29, 0.717) is 24.3 Å². The Bertz CT molecular complexity index is 561. The van der Waals surface area contributed by atoms with Crippen LogP contribution in [0.4, 0.5) is 0 Å². The molecule has 0 aromatic carbocycles. The van der Waals surface area contributed by atoms with Gasteiger partial charge in [-0.25, -0.2) is 0 Å². The number of hydrogen-bond acceptors (Lipinski definition) is 5. The summed E-state index contributed by atoms with van der Waals surface area (Å²) in [5, 5.41) is 4.04. The third-order valence-electron chi connectivity index (χ3n) is 4.38. The first kappa shape index (κ1) is 14.2. The van der Waals surface area contributed by atoms with E-state index >= 15 is 0 Å². The van der Waals surface area contributed by atoms with E-state index in [2.05, 4.69) is 34.0 Å². The maximum atomic E-state index is 5.37. The van der Waals surface area contributed by atoms with E-state index < -0.39 is 0 Å². The van der Waals surface area contributed by atoms with Crippen molar-refractivity contribution in [1.82, 2.24) is 20.0 Å². The average molecular weight is 286 g/mol. The van der Waals surface area contributed by atoms with E-state index in [1.165, 1.54) is 25.7 Å². The number of aromatic nitrogens is 3. The van der Waals surface area contributed by atoms with E-state index in [-0.39, 0.29) is 0 Å². The summed E-state index contributed by atoms with van der Waals surface area (Å²) in [6.45, 7) is 3.06. The van der Waals surface area contributed by atoms with Gasteiger partial charge < -0.3 is 4.52 Å². The van der Waals surface area contributed by atoms with E-state index in [0.717, 1.165) is 11.5 Å². The van der Waals surface area contributed by atoms with Crippen LogP contribution in [-0.4, -0.2) is 33.1 Å². The van der Waals surface area contributed by atoms with Crippen molar-refractivity contribution < 1.29 is 4.52 Å². The molecule has 0 N–H and O–H groups in total. The molecule has 0 spiro atoms. The molecule has 1 fully saturated rings. The zero-order chi connectivity index (χ0) is 14.7. The second-order valence-electron chi connectivity index (χ2n) is 6.08. The molecule has 0 amide bonds. The summed E-state index contributed by atoms with van der Waals surface area (Å²) in [5.74, 6) is 2.16. The summed E-state index contributed by atoms with van der Waals surface area (Å²) in [5.41, 5.74) is 0.890. The number of rotatable bonds is 4. The van der Waals surface area contributed by atoms with Gasteiger partial charge in [0.1, 0.15) is 0 Å². The topological polar surface area (TPSA) is 55.1 Å². The molecule has 1 aliphatic rings. The molecule has 1 aliphatic carbocycles. The molecule has 5 nitrogen and oxygen atoms in total. The Labute approximate surface area is 125 Å². The maximum Gasteiger partial charge on any atom is 0.241 e. The smallest absolute Gasteiger partial charge is 0.241 e. The van der Waals surface area contributed by atoms with Crippen LogP contribution in [0, 0.1) is 5.92 Å². The lowest BCUT2D eigenvalue weighted by Crippen LogP contribution is -2.34. The van der Waals surface area contributed by atoms with Crippen molar-refractivity contribution in [2.45, 2.75) is 45.2 Å². The van der Waals surface area contributed by atoms with E-state index in [1.807, 2.05) is 12.1 Å². The van der Waals surface area contributed by atoms with Crippen LogP contribution in [0.2, 0.25) is 0 Å². The van der Waals surface area contributed by atoms with Crippen LogP contribution in [0.1, 0.15) is 38.5 Å². The van der Waals surface area contributed by atoms with Gasteiger partial charge in [-0.15, -0.1) is 0 Å². The fourth-order valence-electron chi connectivity index (χ4n) is 2.96. The highest BCUT2D eigenvalue weighted by Gasteiger charge is 2.23. The number of hydrogen-bond donors (Lipinski definition) is 0. The Kier molecular flexibility index (Phi) is 4.29. The predicted octanol–water partition coefficient (Wildman–Crippen LogP) is 3.14. The Morgan fingerprint density at radius 1 is 1.29 bits per heavy atom. The lowest BCUT2D eigenvalue weighted by Gasteiger charge is -2.32. The summed E-state index contributed by atoms with van der Waals surface area (Å²) >= 11 is 0. The monoisotopic (exact) mass is 286 g/mol. The largest absolute Gasteiger partial charge is 0.338 e. The third kappa shape index (κ3) is 3.47. The summed E-state index contributed by atoms with van der Waals surface area (Å²) in [6, 6.07) is 4.45. The molecule has 0 unspecified atom stereocenters. The van der Waals surface area contributed by atoms with Crippen molar-refractivity contribution in [3.63, 3.8) is 0 Å². The standard InChI is InChI=1S/C16H22N4O/c1-12-5-7-14(8-6-12)20(2)11-15-18-16(19-21-15)13-4-3-9-17-10-13/h3-4,9-10,12,14H,5-8,11H2,1-2H3. The van der Waals surface area contributed by atoms with Crippen molar-refractivity contribution in [1.29, 1.82) is 0 Å². The minimum Gasteiger partial charge on any atom is -0.338 e. The van der Waals surface area contributed by atoms with E-state index in [1.54, 1.807) is 12.4 Å². The first-order valence-electron chi connectivity index (χ1n) is 7.65. The Balaban J connectivity index is 1.62. The van der Waals surface area contributed by atoms with Gasteiger partial charge in [0.15, 0.2) is 0 Å². The van der Waals surface area contributed by atoms with Gasteiger partial charge in [0, 0.05) is 24.0 Å². The molecule has 2 heterocycles. The van der Waals surface area contributed by atoms with Crippen LogP contribution in [0.15, 0.2) is 29.0 Å². The van der Waals surface area contributed by atoms with Gasteiger partial charge in [0.2, 0.25) is 11.7 Å². The van der Waals surface area contributed by atoms with Gasteiger partial charge in [-0.3, -0.25) is 9.88 Å². The lowest BCUT2D eigenvalue weighted by molar-refractivity contribution is 0.148. The van der Waals surface area contributed by atoms with E-state index in [9.17, 15) is 0 Å². The Morgan fingerprint density at radius 3 is 2.81 bits per heavy atom. The van der Waals surface area contributed by atoms with Gasteiger partial charge in [-0.2, -0.15) is 4.98 Å². The molecule has 21 heavy (non-hydrogen) atoms. The minimum absolute atomic E-state index is 0.615. The molecule has 3 rings (SSSR count). The first-order valence-corrected chi connectivity index (χ1v) is 7.65. The molecule has 0 saturated heterocycles. The second-order valence-corrected chi connectivity index (χ2v) is 6.08. The highest BCUT2D eigenvalue weighted by molar-refractivity contribution is 5.51. The van der Waals surface area contributed by atoms with Gasteiger partial charge in [0.05, 0.1) is 6.54 Å². The Morgan fingerprint density at radius 2 is 2.10 bits per heavy atom. The zero-order valence-corrected chi connectivity index (χ0v) is 12.7. The van der Waals surface area contributed by atoms with Crippen molar-refractivity contribution in [2.24, 2.45) is 5.92 Å². The number of nitrogens with zero attached hydrogens (tertiary/aromatic N) is 4. The first-order chi connectivity index (χ1) is 10.2. The van der Waals surface area contributed by atoms with Crippen molar-refractivity contribution in [3.05, 3.63) is 30.4 Å². The van der Waals surface area contributed by atoms with Crippen molar-refractivity contribution in [2.75, 3.05) is 7.05 Å². The van der Waals surface area contributed by atoms with Crippen LogP contribution >= 0.6 is 0 Å². The molecule has 0 atom stereocenters. The lowest BCUT2D eigenvalue weighted by atomic mass is 9.87. The maximum absolute atomic E-state index is 5.37. The SMILES string of the molecule is CC1CCC(N(C)Cc2nc(-c3cccnc3)no2)CC1. The number of pyridine rings is 1. The molecule has 1 saturated carbocycles. The summed E-state index contributed by atoms with van der Waals surface area (Å²) in [4.78, 5) is 10.9. The van der Waals surface area contributed by atoms with Crippen molar-refractivity contribution in [3.8, 4) is 11.4 Å². The Hall–Kier alpha value is -1.75. The van der Waals surface area contributed by atoms with E-state index in [4.69, 9.17) is 4.52 Å². The highest BCUT2D eigenvalue weighted by atomic mass is 16.5. The minimum atomic E-state index is 0.615. The molecular formula is C16H22N4O. The molecule has 112 valence electrons. The van der Waals surface area contributed by atoms with Crippen LogP contribution in [-0.2, 0) is 6.54 Å². The molecule has 0 radical (unpaired) electrons. The third-order valence-corrected chi connectivity index (χ3v) is 4.38.